The van der Waals surface area contributed by atoms with Gasteiger partial charge in [0.05, 0.1) is 0 Å². The summed E-state index contributed by atoms with van der Waals surface area (Å²) in [5.41, 5.74) is 0. The molecule has 0 aromatic carbocycles. The number of rotatable bonds is 7. The molecular formula is C12H21NO3. The monoisotopic (exact) mass is 227 g/mol. The summed E-state index contributed by atoms with van der Waals surface area (Å²) < 4.78 is 0. The molecule has 0 fully saturated rings. The van der Waals surface area contributed by atoms with E-state index in [1.54, 1.807) is 4.90 Å². The molecule has 0 aliphatic rings. The van der Waals surface area contributed by atoms with E-state index in [4.69, 9.17) is 5.11 Å². The molecule has 0 bridgehead atoms. The number of aliphatic carboxylic acids is 1. The predicted octanol–water partition coefficient (Wildman–Crippen LogP) is 2.05. The first-order valence-corrected chi connectivity index (χ1v) is 5.74. The number of carbonyl (C=O) groups is 2. The Kier molecular flexibility index (Phi) is 7.25. The van der Waals surface area contributed by atoms with Crippen LogP contribution in [0, 0.1) is 0 Å². The van der Waals surface area contributed by atoms with Crippen molar-refractivity contribution in [3.63, 3.8) is 0 Å². The second-order valence-electron chi connectivity index (χ2n) is 3.81. The van der Waals surface area contributed by atoms with Crippen molar-refractivity contribution in [3.05, 3.63) is 12.2 Å². The van der Waals surface area contributed by atoms with Gasteiger partial charge < -0.3 is 10.0 Å². The maximum absolute atomic E-state index is 11.7. The van der Waals surface area contributed by atoms with Gasteiger partial charge in [0.25, 0.3) is 0 Å². The topological polar surface area (TPSA) is 57.6 Å². The van der Waals surface area contributed by atoms with Gasteiger partial charge in [-0.3, -0.25) is 4.79 Å². The highest BCUT2D eigenvalue weighted by Crippen LogP contribution is 2.06. The van der Waals surface area contributed by atoms with E-state index < -0.39 is 5.97 Å². The molecule has 0 radical (unpaired) electrons. The number of hydrogen-bond donors (Lipinski definition) is 1. The number of unbranched alkanes of at least 4 members (excludes halogenated alkanes) is 1. The summed E-state index contributed by atoms with van der Waals surface area (Å²) >= 11 is 0. The molecule has 16 heavy (non-hydrogen) atoms. The lowest BCUT2D eigenvalue weighted by Gasteiger charge is -2.27. The highest BCUT2D eigenvalue weighted by molar-refractivity contribution is 5.94. The van der Waals surface area contributed by atoms with Crippen LogP contribution < -0.4 is 0 Å². The Morgan fingerprint density at radius 3 is 2.38 bits per heavy atom. The lowest BCUT2D eigenvalue weighted by Crippen LogP contribution is -2.38. The molecule has 4 heteroatoms. The number of carboxylic acids is 1. The van der Waals surface area contributed by atoms with Crippen molar-refractivity contribution in [2.45, 2.75) is 46.1 Å². The van der Waals surface area contributed by atoms with E-state index in [0.717, 1.165) is 31.4 Å². The van der Waals surface area contributed by atoms with Gasteiger partial charge in [-0.05, 0) is 19.8 Å². The molecular weight excluding hydrogens is 206 g/mol. The minimum absolute atomic E-state index is 0.150. The van der Waals surface area contributed by atoms with Crippen LogP contribution in [0.2, 0.25) is 0 Å². The summed E-state index contributed by atoms with van der Waals surface area (Å²) in [6, 6.07) is 0.150. The van der Waals surface area contributed by atoms with Gasteiger partial charge in [-0.2, -0.15) is 0 Å². The van der Waals surface area contributed by atoms with Gasteiger partial charge in [0, 0.05) is 24.7 Å². The van der Waals surface area contributed by atoms with Crippen LogP contribution in [0.15, 0.2) is 12.2 Å². The summed E-state index contributed by atoms with van der Waals surface area (Å²) in [6.07, 6.45) is 4.85. The van der Waals surface area contributed by atoms with E-state index >= 15 is 0 Å². The van der Waals surface area contributed by atoms with E-state index in [2.05, 4.69) is 6.92 Å². The van der Waals surface area contributed by atoms with Crippen molar-refractivity contribution in [2.75, 3.05) is 6.54 Å². The highest BCUT2D eigenvalue weighted by atomic mass is 16.4. The summed E-state index contributed by atoms with van der Waals surface area (Å²) in [7, 11) is 0. The van der Waals surface area contributed by atoms with Gasteiger partial charge >= 0.3 is 5.97 Å². The van der Waals surface area contributed by atoms with Crippen molar-refractivity contribution < 1.29 is 14.7 Å². The number of hydrogen-bond acceptors (Lipinski definition) is 2. The molecule has 0 aliphatic heterocycles. The van der Waals surface area contributed by atoms with Crippen molar-refractivity contribution >= 4 is 11.9 Å². The maximum Gasteiger partial charge on any atom is 0.328 e. The van der Waals surface area contributed by atoms with Crippen molar-refractivity contribution in [1.82, 2.24) is 4.90 Å². The Bertz CT molecular complexity index is 261. The van der Waals surface area contributed by atoms with Crippen molar-refractivity contribution in [3.8, 4) is 0 Å². The van der Waals surface area contributed by atoms with Crippen LogP contribution in [-0.2, 0) is 9.59 Å². The zero-order valence-electron chi connectivity index (χ0n) is 10.3. The summed E-state index contributed by atoms with van der Waals surface area (Å²) in [6.45, 7) is 6.74. The summed E-state index contributed by atoms with van der Waals surface area (Å²) in [5.74, 6) is -1.31. The quantitative estimate of drug-likeness (QED) is 0.677. The number of carbonyl (C=O) groups excluding carboxylic acids is 1. The largest absolute Gasteiger partial charge is 0.478 e. The molecule has 4 nitrogen and oxygen atoms in total. The van der Waals surface area contributed by atoms with Crippen molar-refractivity contribution in [1.29, 1.82) is 0 Å². The number of amides is 1. The SMILES string of the molecule is CCCCN(C(=O)/C=C/C(=O)O)C(C)CC. The first-order chi connectivity index (χ1) is 7.52. The third-order valence-electron chi connectivity index (χ3n) is 2.53. The van der Waals surface area contributed by atoms with Crippen LogP contribution in [0.4, 0.5) is 0 Å². The standard InChI is InChI=1S/C12H21NO3/c1-4-6-9-13(10(3)5-2)11(14)7-8-12(15)16/h7-8,10H,4-6,9H2,1-3H3,(H,15,16)/b8-7+. The number of carboxylic acid groups (broad SMARTS) is 1. The Morgan fingerprint density at radius 2 is 1.94 bits per heavy atom. The van der Waals surface area contributed by atoms with E-state index in [9.17, 15) is 9.59 Å². The van der Waals surface area contributed by atoms with Crippen LogP contribution in [0.3, 0.4) is 0 Å². The van der Waals surface area contributed by atoms with Gasteiger partial charge in [0.15, 0.2) is 0 Å². The first kappa shape index (κ1) is 14.7. The summed E-state index contributed by atoms with van der Waals surface area (Å²) in [4.78, 5) is 23.8. The minimum atomic E-state index is -1.09. The molecule has 1 unspecified atom stereocenters. The molecule has 0 heterocycles. The molecule has 0 spiro atoms. The zero-order valence-corrected chi connectivity index (χ0v) is 10.3. The molecule has 1 amide bonds. The van der Waals surface area contributed by atoms with Gasteiger partial charge in [-0.1, -0.05) is 20.3 Å². The molecule has 92 valence electrons. The lowest BCUT2D eigenvalue weighted by molar-refractivity contribution is -0.132. The lowest BCUT2D eigenvalue weighted by atomic mass is 10.2. The van der Waals surface area contributed by atoms with Gasteiger partial charge in [0.2, 0.25) is 5.91 Å². The van der Waals surface area contributed by atoms with E-state index in [1.807, 2.05) is 13.8 Å². The average Bonchev–Trinajstić information content (AvgIpc) is 2.26. The minimum Gasteiger partial charge on any atom is -0.478 e. The molecule has 0 aromatic heterocycles. The van der Waals surface area contributed by atoms with Crippen LogP contribution in [-0.4, -0.2) is 34.5 Å². The highest BCUT2D eigenvalue weighted by Gasteiger charge is 2.15. The average molecular weight is 227 g/mol. The fraction of sp³-hybridized carbons (Fsp3) is 0.667. The molecule has 0 saturated heterocycles. The first-order valence-electron chi connectivity index (χ1n) is 5.74. The summed E-state index contributed by atoms with van der Waals surface area (Å²) in [5, 5.41) is 8.46. The normalized spacial score (nSPS) is 12.7. The Balaban J connectivity index is 4.48. The third-order valence-corrected chi connectivity index (χ3v) is 2.53. The fourth-order valence-electron chi connectivity index (χ4n) is 1.33. The Hall–Kier alpha value is -1.32. The van der Waals surface area contributed by atoms with Gasteiger partial charge in [-0.25, -0.2) is 4.79 Å². The molecule has 1 atom stereocenters. The Morgan fingerprint density at radius 1 is 1.31 bits per heavy atom. The zero-order chi connectivity index (χ0) is 12.6. The third kappa shape index (κ3) is 5.53. The van der Waals surface area contributed by atoms with Crippen LogP contribution in [0.1, 0.15) is 40.0 Å². The second-order valence-corrected chi connectivity index (χ2v) is 3.81. The molecule has 1 N–H and O–H groups in total. The van der Waals surface area contributed by atoms with Crippen LogP contribution in [0.5, 0.6) is 0 Å². The molecule has 0 aromatic rings. The molecule has 0 aliphatic carbocycles. The van der Waals surface area contributed by atoms with E-state index in [1.165, 1.54) is 0 Å². The smallest absolute Gasteiger partial charge is 0.328 e. The van der Waals surface area contributed by atoms with Gasteiger partial charge in [0.1, 0.15) is 0 Å². The van der Waals surface area contributed by atoms with Crippen molar-refractivity contribution in [2.24, 2.45) is 0 Å². The van der Waals surface area contributed by atoms with E-state index in [-0.39, 0.29) is 11.9 Å². The second kappa shape index (κ2) is 7.91. The predicted molar refractivity (Wildman–Crippen MR) is 63.1 cm³/mol. The Labute approximate surface area is 96.9 Å². The van der Waals surface area contributed by atoms with Gasteiger partial charge in [-0.15, -0.1) is 0 Å². The number of nitrogens with zero attached hydrogens (tertiary/aromatic N) is 1. The maximum atomic E-state index is 11.7. The fourth-order valence-corrected chi connectivity index (χ4v) is 1.33. The van der Waals surface area contributed by atoms with E-state index in [0.29, 0.717) is 6.54 Å². The van der Waals surface area contributed by atoms with Crippen LogP contribution in [0.25, 0.3) is 0 Å². The molecule has 0 rings (SSSR count). The van der Waals surface area contributed by atoms with Crippen LogP contribution >= 0.6 is 0 Å². The molecule has 0 saturated carbocycles.